The molecular weight excluding hydrogens is 188 g/mol. The molecule has 0 radical (unpaired) electrons. The molecule has 1 rings (SSSR count). The highest BCUT2D eigenvalue weighted by Gasteiger charge is 1.99. The number of carbonyl (C=O) groups excluding carboxylic acids is 1. The molecular formula is C12H18N2O. The van der Waals surface area contributed by atoms with Crippen molar-refractivity contribution in [2.24, 2.45) is 0 Å². The van der Waals surface area contributed by atoms with Crippen molar-refractivity contribution < 1.29 is 4.79 Å². The monoisotopic (exact) mass is 206 g/mol. The summed E-state index contributed by atoms with van der Waals surface area (Å²) in [6.45, 7) is 5.79. The summed E-state index contributed by atoms with van der Waals surface area (Å²) < 4.78 is 0. The van der Waals surface area contributed by atoms with Gasteiger partial charge in [-0.15, -0.1) is 0 Å². The van der Waals surface area contributed by atoms with Crippen molar-refractivity contribution in [3.63, 3.8) is 0 Å². The number of hydrogen-bond donors (Lipinski definition) is 2. The Morgan fingerprint density at radius 2 is 1.80 bits per heavy atom. The lowest BCUT2D eigenvalue weighted by Crippen LogP contribution is -2.13. The van der Waals surface area contributed by atoms with E-state index in [1.165, 1.54) is 6.92 Å². The van der Waals surface area contributed by atoms with Crippen LogP contribution in [0.15, 0.2) is 24.3 Å². The van der Waals surface area contributed by atoms with Crippen LogP contribution in [-0.4, -0.2) is 11.9 Å². The van der Waals surface area contributed by atoms with Crippen molar-refractivity contribution in [3.05, 3.63) is 24.3 Å². The highest BCUT2D eigenvalue weighted by molar-refractivity contribution is 5.88. The van der Waals surface area contributed by atoms with Crippen LogP contribution in [0.4, 0.5) is 11.4 Å². The Bertz CT molecular complexity index is 319. The standard InChI is InChI=1S/C12H18N2O/c1-4-9(2)13-11-5-7-12(8-6-11)14-10(3)15/h5-9,13H,4H2,1-3H3,(H,14,15). The summed E-state index contributed by atoms with van der Waals surface area (Å²) in [7, 11) is 0. The molecule has 1 unspecified atom stereocenters. The van der Waals surface area contributed by atoms with Gasteiger partial charge in [-0.05, 0) is 37.6 Å². The predicted octanol–water partition coefficient (Wildman–Crippen LogP) is 2.86. The quantitative estimate of drug-likeness (QED) is 0.795. The molecule has 3 nitrogen and oxygen atoms in total. The minimum absolute atomic E-state index is 0.0439. The number of nitrogens with one attached hydrogen (secondary N) is 2. The van der Waals surface area contributed by atoms with Gasteiger partial charge in [0.2, 0.25) is 5.91 Å². The van der Waals surface area contributed by atoms with E-state index in [9.17, 15) is 4.79 Å². The largest absolute Gasteiger partial charge is 0.383 e. The fourth-order valence-corrected chi connectivity index (χ4v) is 1.24. The van der Waals surface area contributed by atoms with Gasteiger partial charge in [0.15, 0.2) is 0 Å². The SMILES string of the molecule is CCC(C)Nc1ccc(NC(C)=O)cc1. The number of benzene rings is 1. The molecule has 1 aromatic rings. The molecule has 2 N–H and O–H groups in total. The van der Waals surface area contributed by atoms with E-state index in [-0.39, 0.29) is 5.91 Å². The molecule has 0 aromatic heterocycles. The molecule has 1 atom stereocenters. The van der Waals surface area contributed by atoms with Crippen LogP contribution in [0.25, 0.3) is 0 Å². The van der Waals surface area contributed by atoms with Gasteiger partial charge in [-0.3, -0.25) is 4.79 Å². The molecule has 0 bridgehead atoms. The van der Waals surface area contributed by atoms with Crippen LogP contribution < -0.4 is 10.6 Å². The van der Waals surface area contributed by atoms with Crippen molar-refractivity contribution in [3.8, 4) is 0 Å². The molecule has 3 heteroatoms. The zero-order valence-electron chi connectivity index (χ0n) is 9.50. The van der Waals surface area contributed by atoms with Crippen LogP contribution in [0, 0.1) is 0 Å². The lowest BCUT2D eigenvalue weighted by molar-refractivity contribution is -0.114. The molecule has 0 saturated heterocycles. The van der Waals surface area contributed by atoms with Crippen LogP contribution in [-0.2, 0) is 4.79 Å². The third kappa shape index (κ3) is 4.02. The third-order valence-electron chi connectivity index (χ3n) is 2.23. The van der Waals surface area contributed by atoms with E-state index in [0.717, 1.165) is 17.8 Å². The van der Waals surface area contributed by atoms with E-state index in [1.807, 2.05) is 24.3 Å². The van der Waals surface area contributed by atoms with E-state index >= 15 is 0 Å². The number of hydrogen-bond acceptors (Lipinski definition) is 2. The maximum absolute atomic E-state index is 10.8. The zero-order chi connectivity index (χ0) is 11.3. The van der Waals surface area contributed by atoms with E-state index in [1.54, 1.807) is 0 Å². The van der Waals surface area contributed by atoms with Gasteiger partial charge in [0.1, 0.15) is 0 Å². The van der Waals surface area contributed by atoms with Gasteiger partial charge in [-0.25, -0.2) is 0 Å². The van der Waals surface area contributed by atoms with Crippen LogP contribution in [0.2, 0.25) is 0 Å². The highest BCUT2D eigenvalue weighted by atomic mass is 16.1. The molecule has 15 heavy (non-hydrogen) atoms. The molecule has 1 amide bonds. The fraction of sp³-hybridized carbons (Fsp3) is 0.417. The number of carbonyl (C=O) groups is 1. The second kappa shape index (κ2) is 5.39. The molecule has 0 heterocycles. The van der Waals surface area contributed by atoms with Gasteiger partial charge in [0, 0.05) is 24.3 Å². The first-order valence-electron chi connectivity index (χ1n) is 5.26. The average molecular weight is 206 g/mol. The van der Waals surface area contributed by atoms with Gasteiger partial charge in [0.25, 0.3) is 0 Å². The van der Waals surface area contributed by atoms with Crippen molar-refractivity contribution in [2.45, 2.75) is 33.2 Å². The molecule has 0 aliphatic rings. The molecule has 82 valence electrons. The minimum atomic E-state index is -0.0439. The minimum Gasteiger partial charge on any atom is -0.383 e. The topological polar surface area (TPSA) is 41.1 Å². The summed E-state index contributed by atoms with van der Waals surface area (Å²) in [6.07, 6.45) is 1.09. The molecule has 0 spiro atoms. The molecule has 0 aliphatic heterocycles. The molecule has 0 aliphatic carbocycles. The zero-order valence-corrected chi connectivity index (χ0v) is 9.50. The number of rotatable bonds is 4. The third-order valence-corrected chi connectivity index (χ3v) is 2.23. The van der Waals surface area contributed by atoms with Crippen molar-refractivity contribution >= 4 is 17.3 Å². The van der Waals surface area contributed by atoms with Gasteiger partial charge in [-0.2, -0.15) is 0 Å². The normalized spacial score (nSPS) is 11.9. The Morgan fingerprint density at radius 1 is 1.27 bits per heavy atom. The Kier molecular flexibility index (Phi) is 4.16. The number of amides is 1. The summed E-state index contributed by atoms with van der Waals surface area (Å²) in [4.78, 5) is 10.8. The Balaban J connectivity index is 2.60. The number of anilines is 2. The van der Waals surface area contributed by atoms with Gasteiger partial charge < -0.3 is 10.6 Å². The first-order valence-corrected chi connectivity index (χ1v) is 5.26. The summed E-state index contributed by atoms with van der Waals surface area (Å²) in [6, 6.07) is 8.20. The summed E-state index contributed by atoms with van der Waals surface area (Å²) in [5, 5.41) is 6.09. The van der Waals surface area contributed by atoms with E-state index in [0.29, 0.717) is 6.04 Å². The first kappa shape index (κ1) is 11.6. The second-order valence-corrected chi connectivity index (χ2v) is 3.71. The Labute approximate surface area is 90.9 Å². The maximum Gasteiger partial charge on any atom is 0.221 e. The molecule has 0 saturated carbocycles. The second-order valence-electron chi connectivity index (χ2n) is 3.71. The lowest BCUT2D eigenvalue weighted by Gasteiger charge is -2.13. The Hall–Kier alpha value is -1.51. The fourth-order valence-electron chi connectivity index (χ4n) is 1.24. The van der Waals surface area contributed by atoms with Crippen LogP contribution >= 0.6 is 0 Å². The summed E-state index contributed by atoms with van der Waals surface area (Å²) in [5.41, 5.74) is 1.91. The maximum atomic E-state index is 10.8. The van der Waals surface area contributed by atoms with Crippen LogP contribution in [0.1, 0.15) is 27.2 Å². The lowest BCUT2D eigenvalue weighted by atomic mass is 10.2. The average Bonchev–Trinajstić information content (AvgIpc) is 2.20. The van der Waals surface area contributed by atoms with Crippen molar-refractivity contribution in [1.29, 1.82) is 0 Å². The van der Waals surface area contributed by atoms with Crippen LogP contribution in [0.5, 0.6) is 0 Å². The smallest absolute Gasteiger partial charge is 0.221 e. The van der Waals surface area contributed by atoms with E-state index in [4.69, 9.17) is 0 Å². The van der Waals surface area contributed by atoms with Gasteiger partial charge in [-0.1, -0.05) is 6.92 Å². The van der Waals surface area contributed by atoms with Gasteiger partial charge >= 0.3 is 0 Å². The van der Waals surface area contributed by atoms with E-state index < -0.39 is 0 Å². The van der Waals surface area contributed by atoms with Crippen LogP contribution in [0.3, 0.4) is 0 Å². The van der Waals surface area contributed by atoms with Crippen molar-refractivity contribution in [1.82, 2.24) is 0 Å². The van der Waals surface area contributed by atoms with Crippen molar-refractivity contribution in [2.75, 3.05) is 10.6 Å². The Morgan fingerprint density at radius 3 is 2.27 bits per heavy atom. The highest BCUT2D eigenvalue weighted by Crippen LogP contribution is 2.14. The summed E-state index contributed by atoms with van der Waals surface area (Å²) >= 11 is 0. The predicted molar refractivity (Wildman–Crippen MR) is 64.1 cm³/mol. The van der Waals surface area contributed by atoms with Gasteiger partial charge in [0.05, 0.1) is 0 Å². The summed E-state index contributed by atoms with van der Waals surface area (Å²) in [5.74, 6) is -0.0439. The molecule has 0 fully saturated rings. The molecule has 1 aromatic carbocycles. The first-order chi connectivity index (χ1) is 7.11. The van der Waals surface area contributed by atoms with E-state index in [2.05, 4.69) is 24.5 Å².